The molecule has 2 aromatic heterocycles. The van der Waals surface area contributed by atoms with Crippen molar-refractivity contribution in [1.82, 2.24) is 29.9 Å². The zero-order valence-corrected chi connectivity index (χ0v) is 15.3. The molecule has 140 valence electrons. The molecular weight excluding hydrogens is 348 g/mol. The van der Waals surface area contributed by atoms with E-state index in [0.717, 1.165) is 11.3 Å². The lowest BCUT2D eigenvalue weighted by molar-refractivity contribution is 0.0856. The molecule has 0 aliphatic carbocycles. The van der Waals surface area contributed by atoms with E-state index in [1.54, 1.807) is 36.5 Å². The molecule has 9 heteroatoms. The number of ketones is 1. The van der Waals surface area contributed by atoms with Crippen LogP contribution in [-0.4, -0.2) is 49.4 Å². The van der Waals surface area contributed by atoms with E-state index < -0.39 is 11.9 Å². The predicted octanol–water partition coefficient (Wildman–Crippen LogP) is 1.07. The molecule has 3 aromatic rings. The van der Waals surface area contributed by atoms with Gasteiger partial charge in [0, 0.05) is 19.4 Å². The summed E-state index contributed by atoms with van der Waals surface area (Å²) in [6, 6.07) is 6.79. The summed E-state index contributed by atoms with van der Waals surface area (Å²) in [5.41, 5.74) is 1.13. The van der Waals surface area contributed by atoms with E-state index >= 15 is 0 Å². The van der Waals surface area contributed by atoms with E-state index in [2.05, 4.69) is 20.6 Å². The second-order valence-electron chi connectivity index (χ2n) is 6.07. The average molecular weight is 368 g/mol. The molecule has 0 aliphatic rings. The first-order valence-corrected chi connectivity index (χ1v) is 8.33. The van der Waals surface area contributed by atoms with Crippen LogP contribution in [0.5, 0.6) is 5.75 Å². The minimum atomic E-state index is -0.731. The first-order valence-electron chi connectivity index (χ1n) is 8.33. The van der Waals surface area contributed by atoms with Gasteiger partial charge in [-0.2, -0.15) is 0 Å². The van der Waals surface area contributed by atoms with E-state index in [9.17, 15) is 9.59 Å². The molecule has 9 nitrogen and oxygen atoms in total. The summed E-state index contributed by atoms with van der Waals surface area (Å²) < 4.78 is 8.29. The van der Waals surface area contributed by atoms with Crippen molar-refractivity contribution >= 4 is 11.7 Å². The third kappa shape index (κ3) is 4.20. The van der Waals surface area contributed by atoms with Crippen molar-refractivity contribution in [3.05, 3.63) is 59.9 Å². The molecule has 1 atom stereocenters. The van der Waals surface area contributed by atoms with Gasteiger partial charge < -0.3 is 14.6 Å². The van der Waals surface area contributed by atoms with Gasteiger partial charge in [0.25, 0.3) is 5.91 Å². The molecule has 1 aromatic carbocycles. The maximum Gasteiger partial charge on any atom is 0.274 e. The van der Waals surface area contributed by atoms with E-state index in [1.165, 1.54) is 12.4 Å². The van der Waals surface area contributed by atoms with Gasteiger partial charge in [-0.15, -0.1) is 5.10 Å². The number of carbonyl (C=O) groups excluding carboxylic acids is 2. The zero-order valence-electron chi connectivity index (χ0n) is 15.3. The number of hydrogen-bond acceptors (Lipinski definition) is 6. The fourth-order valence-electron chi connectivity index (χ4n) is 2.53. The van der Waals surface area contributed by atoms with Crippen molar-refractivity contribution < 1.29 is 14.3 Å². The number of imidazole rings is 1. The molecule has 0 bridgehead atoms. The van der Waals surface area contributed by atoms with E-state index in [-0.39, 0.29) is 17.3 Å². The van der Waals surface area contributed by atoms with Crippen molar-refractivity contribution in [1.29, 1.82) is 0 Å². The molecule has 1 amide bonds. The van der Waals surface area contributed by atoms with Gasteiger partial charge in [-0.05, 0) is 24.6 Å². The highest BCUT2D eigenvalue weighted by atomic mass is 16.5. The highest BCUT2D eigenvalue weighted by Gasteiger charge is 2.22. The fraction of sp³-hybridized carbons (Fsp3) is 0.278. The van der Waals surface area contributed by atoms with Crippen LogP contribution in [0.3, 0.4) is 0 Å². The van der Waals surface area contributed by atoms with Crippen LogP contribution in [0.4, 0.5) is 0 Å². The van der Waals surface area contributed by atoms with Crippen molar-refractivity contribution in [2.45, 2.75) is 19.5 Å². The zero-order chi connectivity index (χ0) is 19.4. The van der Waals surface area contributed by atoms with Gasteiger partial charge in [-0.1, -0.05) is 17.3 Å². The van der Waals surface area contributed by atoms with Crippen LogP contribution in [-0.2, 0) is 13.6 Å². The fourth-order valence-corrected chi connectivity index (χ4v) is 2.53. The van der Waals surface area contributed by atoms with Crippen molar-refractivity contribution in [2.24, 2.45) is 7.05 Å². The summed E-state index contributed by atoms with van der Waals surface area (Å²) >= 11 is 0. The Morgan fingerprint density at radius 1 is 1.26 bits per heavy atom. The number of amides is 1. The number of ether oxygens (including phenoxy) is 1. The largest absolute Gasteiger partial charge is 0.497 e. The van der Waals surface area contributed by atoms with Gasteiger partial charge in [0.2, 0.25) is 5.78 Å². The van der Waals surface area contributed by atoms with Crippen LogP contribution in [0.25, 0.3) is 0 Å². The van der Waals surface area contributed by atoms with E-state index in [4.69, 9.17) is 4.74 Å². The lowest BCUT2D eigenvalue weighted by Gasteiger charge is -2.11. The second-order valence-corrected chi connectivity index (χ2v) is 6.07. The number of methoxy groups -OCH3 is 1. The van der Waals surface area contributed by atoms with Crippen LogP contribution >= 0.6 is 0 Å². The normalized spacial score (nSPS) is 11.8. The Bertz CT molecular complexity index is 944. The molecule has 0 saturated heterocycles. The van der Waals surface area contributed by atoms with Gasteiger partial charge in [0.15, 0.2) is 11.5 Å². The number of rotatable bonds is 7. The minimum absolute atomic E-state index is 0.142. The lowest BCUT2D eigenvalue weighted by Crippen LogP contribution is -2.39. The number of Topliss-reactive ketones (excluding diaryl/α,β-unsaturated/α-hetero) is 1. The minimum Gasteiger partial charge on any atom is -0.497 e. The van der Waals surface area contributed by atoms with Gasteiger partial charge in [-0.3, -0.25) is 9.59 Å². The highest BCUT2D eigenvalue weighted by molar-refractivity contribution is 6.01. The molecule has 0 aliphatic heterocycles. The standard InChI is InChI=1S/C18H20N6O3/c1-12(16(25)17-19-8-9-23(17)2)20-18(26)15-11-24(22-21-15)10-13-4-6-14(27-3)7-5-13/h4-9,11-12H,10H2,1-3H3,(H,20,26). The Morgan fingerprint density at radius 3 is 2.63 bits per heavy atom. The Morgan fingerprint density at radius 2 is 2.00 bits per heavy atom. The third-order valence-electron chi connectivity index (χ3n) is 4.06. The van der Waals surface area contributed by atoms with Crippen LogP contribution in [0, 0.1) is 0 Å². The molecule has 0 saturated carbocycles. The molecular formula is C18H20N6O3. The van der Waals surface area contributed by atoms with Crippen LogP contribution < -0.4 is 10.1 Å². The van der Waals surface area contributed by atoms with Gasteiger partial charge in [-0.25, -0.2) is 9.67 Å². The molecule has 0 spiro atoms. The molecule has 2 heterocycles. The van der Waals surface area contributed by atoms with Crippen LogP contribution in [0.15, 0.2) is 42.9 Å². The molecule has 27 heavy (non-hydrogen) atoms. The topological polar surface area (TPSA) is 104 Å². The van der Waals surface area contributed by atoms with Crippen molar-refractivity contribution in [3.8, 4) is 5.75 Å². The predicted molar refractivity (Wildman–Crippen MR) is 96.6 cm³/mol. The number of nitrogens with zero attached hydrogens (tertiary/aromatic N) is 5. The summed E-state index contributed by atoms with van der Waals surface area (Å²) in [4.78, 5) is 28.7. The Labute approximate surface area is 156 Å². The smallest absolute Gasteiger partial charge is 0.274 e. The monoisotopic (exact) mass is 368 g/mol. The van der Waals surface area contributed by atoms with Crippen LogP contribution in [0.1, 0.15) is 33.6 Å². The number of aromatic nitrogens is 5. The van der Waals surface area contributed by atoms with Gasteiger partial charge in [0.1, 0.15) is 5.75 Å². The van der Waals surface area contributed by atoms with E-state index in [1.807, 2.05) is 24.3 Å². The number of nitrogens with one attached hydrogen (secondary N) is 1. The number of carbonyl (C=O) groups is 2. The molecule has 0 radical (unpaired) electrons. The summed E-state index contributed by atoms with van der Waals surface area (Å²) in [6.07, 6.45) is 4.75. The van der Waals surface area contributed by atoms with Gasteiger partial charge in [0.05, 0.1) is 25.9 Å². The van der Waals surface area contributed by atoms with Crippen LogP contribution in [0.2, 0.25) is 0 Å². The number of benzene rings is 1. The summed E-state index contributed by atoms with van der Waals surface area (Å²) in [5, 5.41) is 10.5. The lowest BCUT2D eigenvalue weighted by atomic mass is 10.2. The van der Waals surface area contributed by atoms with E-state index in [0.29, 0.717) is 6.54 Å². The SMILES string of the molecule is COc1ccc(Cn2cc(C(=O)NC(C)C(=O)c3nccn3C)nn2)cc1. The average Bonchev–Trinajstić information content (AvgIpc) is 3.30. The van der Waals surface area contributed by atoms with Crippen molar-refractivity contribution in [3.63, 3.8) is 0 Å². The van der Waals surface area contributed by atoms with Gasteiger partial charge >= 0.3 is 0 Å². The quantitative estimate of drug-likeness (QED) is 0.626. The maximum atomic E-state index is 12.3. The summed E-state index contributed by atoms with van der Waals surface area (Å²) in [7, 11) is 3.33. The maximum absolute atomic E-state index is 12.3. The number of aryl methyl sites for hydroxylation is 1. The second kappa shape index (κ2) is 7.81. The molecule has 1 N–H and O–H groups in total. The highest BCUT2D eigenvalue weighted by Crippen LogP contribution is 2.12. The first kappa shape index (κ1) is 18.3. The first-order chi connectivity index (χ1) is 13.0. The number of hydrogen-bond donors (Lipinski definition) is 1. The Balaban J connectivity index is 1.62. The Hall–Kier alpha value is -3.49. The third-order valence-corrected chi connectivity index (χ3v) is 4.06. The van der Waals surface area contributed by atoms with Crippen molar-refractivity contribution in [2.75, 3.05) is 7.11 Å². The molecule has 1 unspecified atom stereocenters. The molecule has 0 fully saturated rings. The summed E-state index contributed by atoms with van der Waals surface area (Å²) in [6.45, 7) is 2.07. The Kier molecular flexibility index (Phi) is 5.30. The molecule has 3 rings (SSSR count). The summed E-state index contributed by atoms with van der Waals surface area (Å²) in [5.74, 6) is 0.308.